The number of ether oxygens (including phenoxy) is 2. The standard InChI is InChI=1S/C15H18BrNO5/c1-21-12-3-2-10(8-11(12)16)13(15(19)20)17-14(18)9-4-6-22-7-5-9/h2-3,8-9,13H,4-7H2,1H3,(H,17,18)(H,19,20). The number of aliphatic carboxylic acids is 1. The van der Waals surface area contributed by atoms with Crippen LogP contribution in [0.5, 0.6) is 5.75 Å². The van der Waals surface area contributed by atoms with E-state index in [0.717, 1.165) is 0 Å². The van der Waals surface area contributed by atoms with Crippen LogP contribution in [0.4, 0.5) is 0 Å². The van der Waals surface area contributed by atoms with Gasteiger partial charge in [0, 0.05) is 19.1 Å². The predicted octanol–water partition coefficient (Wildman–Crippen LogP) is 2.13. The molecule has 120 valence electrons. The van der Waals surface area contributed by atoms with Crippen molar-refractivity contribution >= 4 is 27.8 Å². The van der Waals surface area contributed by atoms with Crippen LogP contribution in [0, 0.1) is 5.92 Å². The van der Waals surface area contributed by atoms with Crippen LogP contribution in [0.15, 0.2) is 22.7 Å². The number of carbonyl (C=O) groups excluding carboxylic acids is 1. The quantitative estimate of drug-likeness (QED) is 0.827. The average Bonchev–Trinajstić information content (AvgIpc) is 2.52. The molecular weight excluding hydrogens is 354 g/mol. The van der Waals surface area contributed by atoms with Crippen LogP contribution < -0.4 is 10.1 Å². The van der Waals surface area contributed by atoms with Crippen LogP contribution >= 0.6 is 15.9 Å². The van der Waals surface area contributed by atoms with Gasteiger partial charge in [0.1, 0.15) is 5.75 Å². The van der Waals surface area contributed by atoms with Gasteiger partial charge < -0.3 is 19.9 Å². The predicted molar refractivity (Wildman–Crippen MR) is 82.8 cm³/mol. The maximum absolute atomic E-state index is 12.2. The number of carboxylic acid groups (broad SMARTS) is 1. The van der Waals surface area contributed by atoms with Gasteiger partial charge in [0.25, 0.3) is 0 Å². The molecule has 1 heterocycles. The smallest absolute Gasteiger partial charge is 0.330 e. The summed E-state index contributed by atoms with van der Waals surface area (Å²) in [5.74, 6) is -0.943. The molecule has 0 radical (unpaired) electrons. The number of nitrogens with one attached hydrogen (secondary N) is 1. The lowest BCUT2D eigenvalue weighted by Crippen LogP contribution is -2.39. The third-order valence-corrected chi connectivity index (χ3v) is 4.25. The fraction of sp³-hybridized carbons (Fsp3) is 0.467. The van der Waals surface area contributed by atoms with Crippen molar-refractivity contribution in [3.63, 3.8) is 0 Å². The largest absolute Gasteiger partial charge is 0.496 e. The Hall–Kier alpha value is -1.60. The molecule has 0 aromatic heterocycles. The first-order valence-electron chi connectivity index (χ1n) is 6.97. The second-order valence-corrected chi connectivity index (χ2v) is 5.91. The molecule has 1 fully saturated rings. The third-order valence-electron chi connectivity index (χ3n) is 3.63. The maximum Gasteiger partial charge on any atom is 0.330 e. The maximum atomic E-state index is 12.2. The highest BCUT2D eigenvalue weighted by Crippen LogP contribution is 2.28. The van der Waals surface area contributed by atoms with Crippen molar-refractivity contribution in [2.45, 2.75) is 18.9 Å². The Morgan fingerprint density at radius 1 is 1.41 bits per heavy atom. The molecule has 1 aromatic carbocycles. The van der Waals surface area contributed by atoms with Crippen molar-refractivity contribution in [2.75, 3.05) is 20.3 Å². The number of halogens is 1. The molecule has 6 nitrogen and oxygen atoms in total. The number of methoxy groups -OCH3 is 1. The molecule has 1 aromatic rings. The van der Waals surface area contributed by atoms with Gasteiger partial charge >= 0.3 is 5.97 Å². The van der Waals surface area contributed by atoms with Crippen LogP contribution in [-0.4, -0.2) is 37.3 Å². The summed E-state index contributed by atoms with van der Waals surface area (Å²) in [5, 5.41) is 12.0. The molecule has 1 aliphatic heterocycles. The summed E-state index contributed by atoms with van der Waals surface area (Å²) in [4.78, 5) is 23.7. The van der Waals surface area contributed by atoms with Crippen LogP contribution in [0.1, 0.15) is 24.4 Å². The summed E-state index contributed by atoms with van der Waals surface area (Å²) in [5.41, 5.74) is 0.487. The molecule has 0 bridgehead atoms. The zero-order valence-electron chi connectivity index (χ0n) is 12.2. The lowest BCUT2D eigenvalue weighted by atomic mass is 9.98. The lowest BCUT2D eigenvalue weighted by Gasteiger charge is -2.23. The summed E-state index contributed by atoms with van der Waals surface area (Å²) in [6.07, 6.45) is 1.23. The highest BCUT2D eigenvalue weighted by molar-refractivity contribution is 9.10. The Morgan fingerprint density at radius 3 is 2.64 bits per heavy atom. The Bertz CT molecular complexity index is 557. The third kappa shape index (κ3) is 3.98. The Morgan fingerprint density at radius 2 is 2.09 bits per heavy atom. The highest BCUT2D eigenvalue weighted by Gasteiger charge is 2.28. The normalized spacial score (nSPS) is 16.8. The van der Waals surface area contributed by atoms with Gasteiger partial charge in [-0.15, -0.1) is 0 Å². The van der Waals surface area contributed by atoms with Crippen LogP contribution in [0.2, 0.25) is 0 Å². The molecule has 1 amide bonds. The van der Waals surface area contributed by atoms with Gasteiger partial charge in [-0.25, -0.2) is 4.79 Å². The van der Waals surface area contributed by atoms with E-state index in [2.05, 4.69) is 21.2 Å². The van der Waals surface area contributed by atoms with Crippen molar-refractivity contribution in [3.05, 3.63) is 28.2 Å². The molecule has 1 unspecified atom stereocenters. The first-order chi connectivity index (χ1) is 10.5. The molecule has 2 rings (SSSR count). The zero-order valence-corrected chi connectivity index (χ0v) is 13.8. The molecule has 1 aliphatic rings. The second-order valence-electron chi connectivity index (χ2n) is 5.06. The first kappa shape index (κ1) is 16.8. The zero-order chi connectivity index (χ0) is 16.1. The van der Waals surface area contributed by atoms with E-state index in [1.807, 2.05) is 0 Å². The fourth-order valence-electron chi connectivity index (χ4n) is 2.37. The molecule has 7 heteroatoms. The fourth-order valence-corrected chi connectivity index (χ4v) is 2.93. The number of rotatable bonds is 5. The van der Waals surface area contributed by atoms with Gasteiger partial charge in [0.2, 0.25) is 5.91 Å². The number of benzene rings is 1. The van der Waals surface area contributed by atoms with Crippen molar-refractivity contribution in [3.8, 4) is 5.75 Å². The van der Waals surface area contributed by atoms with Crippen molar-refractivity contribution in [2.24, 2.45) is 5.92 Å². The van der Waals surface area contributed by atoms with E-state index in [0.29, 0.717) is 41.8 Å². The van der Waals surface area contributed by atoms with Crippen molar-refractivity contribution in [1.29, 1.82) is 0 Å². The van der Waals surface area contributed by atoms with E-state index in [9.17, 15) is 14.7 Å². The SMILES string of the molecule is COc1ccc(C(NC(=O)C2CCOCC2)C(=O)O)cc1Br. The van der Waals surface area contributed by atoms with Crippen molar-refractivity contribution < 1.29 is 24.2 Å². The average molecular weight is 372 g/mol. The van der Waals surface area contributed by atoms with Crippen molar-refractivity contribution in [1.82, 2.24) is 5.32 Å². The van der Waals surface area contributed by atoms with E-state index >= 15 is 0 Å². The molecule has 0 saturated carbocycles. The summed E-state index contributed by atoms with van der Waals surface area (Å²) >= 11 is 3.32. The summed E-state index contributed by atoms with van der Waals surface area (Å²) in [7, 11) is 1.53. The Balaban J connectivity index is 2.14. The topological polar surface area (TPSA) is 84.9 Å². The van der Waals surface area contributed by atoms with Gasteiger partial charge in [-0.05, 0) is 46.5 Å². The molecular formula is C15H18BrNO5. The lowest BCUT2D eigenvalue weighted by molar-refractivity contribution is -0.143. The first-order valence-corrected chi connectivity index (χ1v) is 7.76. The van der Waals surface area contributed by atoms with Gasteiger partial charge in [-0.3, -0.25) is 4.79 Å². The minimum atomic E-state index is -1.10. The van der Waals surface area contributed by atoms with Gasteiger partial charge in [0.15, 0.2) is 6.04 Å². The number of carboxylic acids is 1. The molecule has 0 spiro atoms. The van der Waals surface area contributed by atoms with Gasteiger partial charge in [0.05, 0.1) is 11.6 Å². The summed E-state index contributed by atoms with van der Waals surface area (Å²) < 4.78 is 11.0. The number of hydrogen-bond donors (Lipinski definition) is 2. The van der Waals surface area contributed by atoms with E-state index in [1.54, 1.807) is 18.2 Å². The van der Waals surface area contributed by atoms with E-state index in [1.165, 1.54) is 7.11 Å². The molecule has 0 aliphatic carbocycles. The number of amides is 1. The highest BCUT2D eigenvalue weighted by atomic mass is 79.9. The second kappa shape index (κ2) is 7.60. The Labute approximate surface area is 136 Å². The minimum Gasteiger partial charge on any atom is -0.496 e. The van der Waals surface area contributed by atoms with Crippen LogP contribution in [0.3, 0.4) is 0 Å². The van der Waals surface area contributed by atoms with E-state index < -0.39 is 12.0 Å². The molecule has 2 N–H and O–H groups in total. The molecule has 1 atom stereocenters. The Kier molecular flexibility index (Phi) is 5.79. The number of carbonyl (C=O) groups is 2. The van der Waals surface area contributed by atoms with Gasteiger partial charge in [-0.1, -0.05) is 6.07 Å². The monoisotopic (exact) mass is 371 g/mol. The minimum absolute atomic E-state index is 0.197. The number of hydrogen-bond acceptors (Lipinski definition) is 4. The summed E-state index contributed by atoms with van der Waals surface area (Å²) in [6.45, 7) is 1.06. The van der Waals surface area contributed by atoms with E-state index in [-0.39, 0.29) is 11.8 Å². The molecule has 1 saturated heterocycles. The van der Waals surface area contributed by atoms with Crippen LogP contribution in [0.25, 0.3) is 0 Å². The van der Waals surface area contributed by atoms with Gasteiger partial charge in [-0.2, -0.15) is 0 Å². The van der Waals surface area contributed by atoms with Crippen LogP contribution in [-0.2, 0) is 14.3 Å². The molecule has 22 heavy (non-hydrogen) atoms. The summed E-state index contributed by atoms with van der Waals surface area (Å²) in [6, 6.07) is 3.85. The van der Waals surface area contributed by atoms with E-state index in [4.69, 9.17) is 9.47 Å².